The summed E-state index contributed by atoms with van der Waals surface area (Å²) in [4.78, 5) is 19.8. The van der Waals surface area contributed by atoms with Crippen LogP contribution in [0.25, 0.3) is 0 Å². The van der Waals surface area contributed by atoms with Gasteiger partial charge in [-0.15, -0.1) is 0 Å². The fourth-order valence-electron chi connectivity index (χ4n) is 0.800. The minimum Gasteiger partial charge on any atom is -0.481 e. The molecule has 0 heterocycles. The summed E-state index contributed by atoms with van der Waals surface area (Å²) < 4.78 is 9.75. The van der Waals surface area contributed by atoms with Gasteiger partial charge in [0.05, 0.1) is 52.0 Å². The van der Waals surface area contributed by atoms with Crippen LogP contribution in [0.5, 0.6) is 0 Å². The van der Waals surface area contributed by atoms with Crippen LogP contribution in [0.15, 0.2) is 0 Å². The standard InChI is InChI=1S/C6H14O4.C5H8O4/c7-1-3-9-5-6-10-4-2-8;1-3(5(8)9)2-4(6)7/h7-8H,1-6H2;3H,2H2,1H3,(H,6,7)(H,8,9). The van der Waals surface area contributed by atoms with Crippen LogP contribution in [0, 0.1) is 5.92 Å². The van der Waals surface area contributed by atoms with Crippen molar-refractivity contribution >= 4 is 11.9 Å². The molecular weight excluding hydrogens is 260 g/mol. The van der Waals surface area contributed by atoms with E-state index in [4.69, 9.17) is 29.9 Å². The highest BCUT2D eigenvalue weighted by atomic mass is 16.5. The van der Waals surface area contributed by atoms with E-state index in [1.165, 1.54) is 6.92 Å². The van der Waals surface area contributed by atoms with E-state index in [1.54, 1.807) is 0 Å². The summed E-state index contributed by atoms with van der Waals surface area (Å²) in [6.45, 7) is 3.09. The van der Waals surface area contributed by atoms with Crippen LogP contribution >= 0.6 is 0 Å². The Morgan fingerprint density at radius 3 is 1.58 bits per heavy atom. The molecule has 0 aromatic carbocycles. The van der Waals surface area contributed by atoms with Gasteiger partial charge in [-0.1, -0.05) is 6.92 Å². The van der Waals surface area contributed by atoms with Crippen molar-refractivity contribution in [3.05, 3.63) is 0 Å². The first-order valence-corrected chi connectivity index (χ1v) is 5.77. The molecule has 0 saturated heterocycles. The summed E-state index contributed by atoms with van der Waals surface area (Å²) in [6.07, 6.45) is -0.310. The minimum absolute atomic E-state index is 0.0417. The number of ether oxygens (including phenoxy) is 2. The van der Waals surface area contributed by atoms with E-state index < -0.39 is 17.9 Å². The Balaban J connectivity index is 0. The third kappa shape index (κ3) is 19.3. The lowest BCUT2D eigenvalue weighted by molar-refractivity contribution is -0.147. The molecule has 19 heavy (non-hydrogen) atoms. The zero-order valence-electron chi connectivity index (χ0n) is 10.9. The lowest BCUT2D eigenvalue weighted by Crippen LogP contribution is -2.13. The number of hydrogen-bond acceptors (Lipinski definition) is 6. The van der Waals surface area contributed by atoms with E-state index in [-0.39, 0.29) is 19.6 Å². The lowest BCUT2D eigenvalue weighted by atomic mass is 10.1. The van der Waals surface area contributed by atoms with Crippen molar-refractivity contribution in [1.29, 1.82) is 0 Å². The van der Waals surface area contributed by atoms with Crippen LogP contribution < -0.4 is 0 Å². The number of carboxylic acid groups (broad SMARTS) is 2. The predicted octanol–water partition coefficient (Wildman–Crippen LogP) is -0.814. The molecule has 0 aromatic heterocycles. The molecule has 0 spiro atoms. The molecule has 4 N–H and O–H groups in total. The Morgan fingerprint density at radius 1 is 0.947 bits per heavy atom. The van der Waals surface area contributed by atoms with Gasteiger partial charge in [0.2, 0.25) is 0 Å². The summed E-state index contributed by atoms with van der Waals surface area (Å²) in [7, 11) is 0. The monoisotopic (exact) mass is 282 g/mol. The number of aliphatic carboxylic acids is 2. The van der Waals surface area contributed by atoms with Crippen LogP contribution in [-0.2, 0) is 19.1 Å². The smallest absolute Gasteiger partial charge is 0.306 e. The largest absolute Gasteiger partial charge is 0.481 e. The van der Waals surface area contributed by atoms with Gasteiger partial charge in [0.1, 0.15) is 0 Å². The van der Waals surface area contributed by atoms with E-state index in [1.807, 2.05) is 0 Å². The summed E-state index contributed by atoms with van der Waals surface area (Å²) in [6, 6.07) is 0. The highest BCUT2D eigenvalue weighted by Gasteiger charge is 2.13. The molecule has 1 atom stereocenters. The molecule has 0 rings (SSSR count). The molecule has 0 amide bonds. The van der Waals surface area contributed by atoms with Crippen LogP contribution in [0.2, 0.25) is 0 Å². The van der Waals surface area contributed by atoms with Crippen molar-refractivity contribution in [2.75, 3.05) is 39.6 Å². The first-order valence-electron chi connectivity index (χ1n) is 5.77. The lowest BCUT2D eigenvalue weighted by Gasteiger charge is -2.01. The number of aliphatic hydroxyl groups is 2. The number of aliphatic hydroxyl groups excluding tert-OH is 2. The van der Waals surface area contributed by atoms with Crippen molar-refractivity contribution < 1.29 is 39.5 Å². The summed E-state index contributed by atoms with van der Waals surface area (Å²) in [5.74, 6) is -2.94. The molecule has 114 valence electrons. The average molecular weight is 282 g/mol. The molecule has 0 bridgehead atoms. The SMILES string of the molecule is CC(CC(=O)O)C(=O)O.OCCOCCOCCO. The van der Waals surface area contributed by atoms with Crippen molar-refractivity contribution in [2.45, 2.75) is 13.3 Å². The molecule has 0 aliphatic heterocycles. The predicted molar refractivity (Wildman–Crippen MR) is 64.9 cm³/mol. The first kappa shape index (κ1) is 20.1. The van der Waals surface area contributed by atoms with Crippen LogP contribution in [0.4, 0.5) is 0 Å². The third-order valence-electron chi connectivity index (χ3n) is 1.75. The van der Waals surface area contributed by atoms with Gasteiger partial charge in [-0.25, -0.2) is 0 Å². The van der Waals surface area contributed by atoms with Gasteiger partial charge in [0.25, 0.3) is 0 Å². The van der Waals surface area contributed by atoms with Gasteiger partial charge in [-0.05, 0) is 0 Å². The second-order valence-corrected chi connectivity index (χ2v) is 3.51. The maximum absolute atomic E-state index is 9.97. The van der Waals surface area contributed by atoms with Gasteiger partial charge in [0, 0.05) is 0 Å². The molecule has 0 aromatic rings. The Kier molecular flexibility index (Phi) is 15.7. The maximum atomic E-state index is 9.97. The molecule has 1 unspecified atom stereocenters. The molecule has 0 fully saturated rings. The normalized spacial score (nSPS) is 11.3. The van der Waals surface area contributed by atoms with Crippen LogP contribution in [0.3, 0.4) is 0 Å². The fraction of sp³-hybridized carbons (Fsp3) is 0.818. The summed E-state index contributed by atoms with van der Waals surface area (Å²) in [5, 5.41) is 32.8. The highest BCUT2D eigenvalue weighted by Crippen LogP contribution is 1.99. The van der Waals surface area contributed by atoms with Gasteiger partial charge in [-0.2, -0.15) is 0 Å². The van der Waals surface area contributed by atoms with Crippen LogP contribution in [-0.4, -0.2) is 72.0 Å². The molecule has 0 aliphatic rings. The average Bonchev–Trinajstić information content (AvgIpc) is 2.33. The molecule has 0 saturated carbocycles. The Bertz CT molecular complexity index is 223. The zero-order valence-corrected chi connectivity index (χ0v) is 10.9. The number of carbonyl (C=O) groups is 2. The Labute approximate surface area is 111 Å². The maximum Gasteiger partial charge on any atom is 0.306 e. The summed E-state index contributed by atoms with van der Waals surface area (Å²) >= 11 is 0. The molecular formula is C11H22O8. The van der Waals surface area contributed by atoms with Gasteiger partial charge in [0.15, 0.2) is 0 Å². The van der Waals surface area contributed by atoms with E-state index in [0.29, 0.717) is 26.4 Å². The molecule has 0 aliphatic carbocycles. The number of hydrogen-bond donors (Lipinski definition) is 4. The van der Waals surface area contributed by atoms with Crippen molar-refractivity contribution in [3.8, 4) is 0 Å². The summed E-state index contributed by atoms with van der Waals surface area (Å²) in [5.41, 5.74) is 0. The molecule has 0 radical (unpaired) electrons. The Hall–Kier alpha value is -1.22. The minimum atomic E-state index is -1.08. The fourth-order valence-corrected chi connectivity index (χ4v) is 0.800. The van der Waals surface area contributed by atoms with Gasteiger partial charge >= 0.3 is 11.9 Å². The highest BCUT2D eigenvalue weighted by molar-refractivity contribution is 5.77. The molecule has 8 heteroatoms. The second kappa shape index (κ2) is 14.8. The number of rotatable bonds is 10. The van der Waals surface area contributed by atoms with E-state index >= 15 is 0 Å². The number of carboxylic acids is 2. The topological polar surface area (TPSA) is 134 Å². The first-order chi connectivity index (χ1) is 8.95. The van der Waals surface area contributed by atoms with Crippen molar-refractivity contribution in [1.82, 2.24) is 0 Å². The van der Waals surface area contributed by atoms with Gasteiger partial charge < -0.3 is 29.9 Å². The Morgan fingerprint density at radius 2 is 1.37 bits per heavy atom. The van der Waals surface area contributed by atoms with E-state index in [0.717, 1.165) is 0 Å². The quantitative estimate of drug-likeness (QED) is 0.382. The van der Waals surface area contributed by atoms with E-state index in [9.17, 15) is 9.59 Å². The van der Waals surface area contributed by atoms with Crippen molar-refractivity contribution in [3.63, 3.8) is 0 Å². The second-order valence-electron chi connectivity index (χ2n) is 3.51. The third-order valence-corrected chi connectivity index (χ3v) is 1.75. The molecule has 8 nitrogen and oxygen atoms in total. The zero-order chi connectivity index (χ0) is 15.1. The van der Waals surface area contributed by atoms with E-state index in [2.05, 4.69) is 0 Å². The van der Waals surface area contributed by atoms with Gasteiger partial charge in [-0.3, -0.25) is 9.59 Å². The van der Waals surface area contributed by atoms with Crippen molar-refractivity contribution in [2.24, 2.45) is 5.92 Å². The van der Waals surface area contributed by atoms with Crippen LogP contribution in [0.1, 0.15) is 13.3 Å².